The van der Waals surface area contributed by atoms with E-state index in [9.17, 15) is 18.0 Å². The van der Waals surface area contributed by atoms with Crippen LogP contribution in [0.25, 0.3) is 0 Å². The molecule has 3 N–H and O–H groups in total. The summed E-state index contributed by atoms with van der Waals surface area (Å²) in [4.78, 5) is 29.8. The van der Waals surface area contributed by atoms with Crippen LogP contribution in [-0.2, 0) is 21.2 Å². The molecule has 150 valence electrons. The van der Waals surface area contributed by atoms with Crippen molar-refractivity contribution in [2.24, 2.45) is 0 Å². The Bertz CT molecular complexity index is 956. The summed E-state index contributed by atoms with van der Waals surface area (Å²) in [6.07, 6.45) is 0.612. The fourth-order valence-corrected chi connectivity index (χ4v) is 4.63. The molecule has 0 unspecified atom stereocenters. The standard InChI is InChI=1S/C17H21N5O4S2/c1-2-9-28(25,26)21-13-5-3-12(4-6-13)19-15(23)10-14-11-27-17(20-14)22-8-7-18-16(22)24/h3-6,11,21H,2,7-10H2,1H3,(H,18,24)(H,19,23). The summed E-state index contributed by atoms with van der Waals surface area (Å²) in [5, 5.41) is 7.78. The number of nitrogens with zero attached hydrogens (tertiary/aromatic N) is 2. The molecule has 1 fully saturated rings. The van der Waals surface area contributed by atoms with Crippen molar-refractivity contribution in [2.75, 3.05) is 33.8 Å². The number of sulfonamides is 1. The fourth-order valence-electron chi connectivity index (χ4n) is 2.65. The molecule has 1 aliphatic heterocycles. The average Bonchev–Trinajstić information content (AvgIpc) is 3.25. The molecule has 11 heteroatoms. The van der Waals surface area contributed by atoms with Crippen molar-refractivity contribution < 1.29 is 18.0 Å². The van der Waals surface area contributed by atoms with Gasteiger partial charge in [-0.15, -0.1) is 11.3 Å². The molecule has 0 aliphatic carbocycles. The molecular formula is C17H21N5O4S2. The minimum atomic E-state index is -3.35. The van der Waals surface area contributed by atoms with E-state index in [0.29, 0.717) is 41.7 Å². The monoisotopic (exact) mass is 423 g/mol. The lowest BCUT2D eigenvalue weighted by molar-refractivity contribution is -0.115. The number of hydrogen-bond donors (Lipinski definition) is 3. The average molecular weight is 424 g/mol. The van der Waals surface area contributed by atoms with Crippen LogP contribution in [0.3, 0.4) is 0 Å². The van der Waals surface area contributed by atoms with Crippen LogP contribution in [0, 0.1) is 0 Å². The first-order chi connectivity index (χ1) is 13.4. The maximum atomic E-state index is 12.2. The zero-order valence-electron chi connectivity index (χ0n) is 15.3. The Balaban J connectivity index is 1.55. The van der Waals surface area contributed by atoms with Gasteiger partial charge in [-0.3, -0.25) is 14.4 Å². The molecule has 28 heavy (non-hydrogen) atoms. The zero-order valence-corrected chi connectivity index (χ0v) is 16.9. The molecule has 1 aromatic carbocycles. The number of amides is 3. The van der Waals surface area contributed by atoms with E-state index in [1.165, 1.54) is 11.3 Å². The molecule has 0 radical (unpaired) electrons. The Kier molecular flexibility index (Phi) is 6.15. The van der Waals surface area contributed by atoms with Crippen molar-refractivity contribution in [3.63, 3.8) is 0 Å². The number of thiazole rings is 1. The first-order valence-electron chi connectivity index (χ1n) is 8.76. The van der Waals surface area contributed by atoms with Gasteiger partial charge in [0.2, 0.25) is 15.9 Å². The van der Waals surface area contributed by atoms with Gasteiger partial charge in [0, 0.05) is 29.8 Å². The SMILES string of the molecule is CCCS(=O)(=O)Nc1ccc(NC(=O)Cc2csc(N3CCNC3=O)n2)cc1. The van der Waals surface area contributed by atoms with Gasteiger partial charge in [-0.2, -0.15) is 0 Å². The third-order valence-corrected chi connectivity index (χ3v) is 6.29. The van der Waals surface area contributed by atoms with Crippen molar-refractivity contribution in [2.45, 2.75) is 19.8 Å². The molecule has 2 aromatic rings. The van der Waals surface area contributed by atoms with Crippen LogP contribution in [0.2, 0.25) is 0 Å². The minimum absolute atomic E-state index is 0.0558. The first kappa shape index (κ1) is 20.1. The summed E-state index contributed by atoms with van der Waals surface area (Å²) in [6.45, 7) is 2.94. The number of carbonyl (C=O) groups is 2. The van der Waals surface area contributed by atoms with Gasteiger partial charge in [0.25, 0.3) is 0 Å². The van der Waals surface area contributed by atoms with E-state index in [-0.39, 0.29) is 24.1 Å². The second-order valence-corrected chi connectivity index (χ2v) is 8.91. The van der Waals surface area contributed by atoms with E-state index < -0.39 is 10.0 Å². The predicted molar refractivity (Wildman–Crippen MR) is 109 cm³/mol. The van der Waals surface area contributed by atoms with Crippen LogP contribution in [0.5, 0.6) is 0 Å². The lowest BCUT2D eigenvalue weighted by Gasteiger charge is -2.09. The summed E-state index contributed by atoms with van der Waals surface area (Å²) in [5.41, 5.74) is 1.58. The highest BCUT2D eigenvalue weighted by atomic mass is 32.2. The quantitative estimate of drug-likeness (QED) is 0.600. The molecule has 2 heterocycles. The van der Waals surface area contributed by atoms with Gasteiger partial charge in [-0.25, -0.2) is 18.2 Å². The van der Waals surface area contributed by atoms with Gasteiger partial charge in [-0.05, 0) is 30.7 Å². The van der Waals surface area contributed by atoms with E-state index >= 15 is 0 Å². The topological polar surface area (TPSA) is 121 Å². The van der Waals surface area contributed by atoms with Gasteiger partial charge in [0.15, 0.2) is 5.13 Å². The van der Waals surface area contributed by atoms with Crippen LogP contribution < -0.4 is 20.3 Å². The highest BCUT2D eigenvalue weighted by Gasteiger charge is 2.24. The number of rotatable bonds is 8. The van der Waals surface area contributed by atoms with Crippen molar-refractivity contribution in [3.8, 4) is 0 Å². The van der Waals surface area contributed by atoms with Crippen LogP contribution >= 0.6 is 11.3 Å². The Hall–Kier alpha value is -2.66. The molecule has 1 saturated heterocycles. The molecule has 3 rings (SSSR count). The first-order valence-corrected chi connectivity index (χ1v) is 11.3. The second kappa shape index (κ2) is 8.57. The van der Waals surface area contributed by atoms with E-state index in [1.54, 1.807) is 41.5 Å². The van der Waals surface area contributed by atoms with E-state index in [0.717, 1.165) is 0 Å². The number of carbonyl (C=O) groups excluding carboxylic acids is 2. The Morgan fingerprint density at radius 3 is 2.64 bits per heavy atom. The van der Waals surface area contributed by atoms with Crippen LogP contribution in [-0.4, -0.2) is 44.2 Å². The van der Waals surface area contributed by atoms with Gasteiger partial charge in [-0.1, -0.05) is 6.92 Å². The summed E-state index contributed by atoms with van der Waals surface area (Å²) in [6, 6.07) is 6.26. The van der Waals surface area contributed by atoms with Crippen LogP contribution in [0.4, 0.5) is 21.3 Å². The maximum absolute atomic E-state index is 12.2. The molecule has 1 aromatic heterocycles. The summed E-state index contributed by atoms with van der Waals surface area (Å²) in [5.74, 6) is -0.192. The van der Waals surface area contributed by atoms with Crippen LogP contribution in [0.1, 0.15) is 19.0 Å². The van der Waals surface area contributed by atoms with Crippen molar-refractivity contribution in [1.82, 2.24) is 10.3 Å². The molecular weight excluding hydrogens is 402 g/mol. The van der Waals surface area contributed by atoms with Crippen LogP contribution in [0.15, 0.2) is 29.6 Å². The van der Waals surface area contributed by atoms with E-state index in [1.807, 2.05) is 0 Å². The summed E-state index contributed by atoms with van der Waals surface area (Å²) < 4.78 is 26.0. The van der Waals surface area contributed by atoms with Gasteiger partial charge in [0.05, 0.1) is 17.9 Å². The van der Waals surface area contributed by atoms with Gasteiger partial charge in [0.1, 0.15) is 0 Å². The van der Waals surface area contributed by atoms with E-state index in [2.05, 4.69) is 20.3 Å². The minimum Gasteiger partial charge on any atom is -0.336 e. The number of hydrogen-bond acceptors (Lipinski definition) is 6. The highest BCUT2D eigenvalue weighted by molar-refractivity contribution is 7.92. The summed E-state index contributed by atoms with van der Waals surface area (Å²) >= 11 is 1.32. The van der Waals surface area contributed by atoms with Gasteiger partial charge < -0.3 is 10.6 Å². The zero-order chi connectivity index (χ0) is 20.1. The number of urea groups is 1. The Morgan fingerprint density at radius 1 is 1.29 bits per heavy atom. The van der Waals surface area contributed by atoms with Gasteiger partial charge >= 0.3 is 6.03 Å². The normalized spacial score (nSPS) is 14.0. The molecule has 9 nitrogen and oxygen atoms in total. The van der Waals surface area contributed by atoms with Crippen molar-refractivity contribution in [3.05, 3.63) is 35.3 Å². The Labute approximate surface area is 167 Å². The number of anilines is 3. The molecule has 1 aliphatic rings. The number of aromatic nitrogens is 1. The predicted octanol–water partition coefficient (Wildman–Crippen LogP) is 2.01. The molecule has 0 atom stereocenters. The third-order valence-electron chi connectivity index (χ3n) is 3.88. The molecule has 0 bridgehead atoms. The number of nitrogens with one attached hydrogen (secondary N) is 3. The highest BCUT2D eigenvalue weighted by Crippen LogP contribution is 2.22. The smallest absolute Gasteiger partial charge is 0.323 e. The lowest BCUT2D eigenvalue weighted by atomic mass is 10.2. The summed E-state index contributed by atoms with van der Waals surface area (Å²) in [7, 11) is -3.35. The molecule has 0 spiro atoms. The largest absolute Gasteiger partial charge is 0.336 e. The third kappa shape index (κ3) is 5.20. The maximum Gasteiger partial charge on any atom is 0.323 e. The lowest BCUT2D eigenvalue weighted by Crippen LogP contribution is -2.27. The fraction of sp³-hybridized carbons (Fsp3) is 0.353. The van der Waals surface area contributed by atoms with Crippen molar-refractivity contribution >= 4 is 49.8 Å². The van der Waals surface area contributed by atoms with E-state index in [4.69, 9.17) is 0 Å². The molecule has 3 amide bonds. The second-order valence-electron chi connectivity index (χ2n) is 6.23. The Morgan fingerprint density at radius 2 is 2.00 bits per heavy atom. The number of benzene rings is 1. The molecule has 0 saturated carbocycles. The van der Waals surface area contributed by atoms with Crippen molar-refractivity contribution in [1.29, 1.82) is 0 Å².